The summed E-state index contributed by atoms with van der Waals surface area (Å²) < 4.78 is 5.76. The maximum atomic E-state index is 12.0. The SMILES string of the molecule is C/C=C\C(C)=Nc1cc(-c2cccc(OCC(=O)NC(C)C)c2)nc(N(CCC)CCCC(C)CC)n1. The largest absolute Gasteiger partial charge is 0.484 e. The maximum Gasteiger partial charge on any atom is 0.258 e. The first kappa shape index (κ1) is 30.0. The summed E-state index contributed by atoms with van der Waals surface area (Å²) in [5, 5.41) is 2.84. The summed E-state index contributed by atoms with van der Waals surface area (Å²) in [5.41, 5.74) is 2.55. The second kappa shape index (κ2) is 15.8. The molecule has 37 heavy (non-hydrogen) atoms. The van der Waals surface area contributed by atoms with E-state index in [9.17, 15) is 4.79 Å². The molecular formula is C30H45N5O2. The number of hydrogen-bond acceptors (Lipinski definition) is 6. The predicted octanol–water partition coefficient (Wildman–Crippen LogP) is 6.76. The summed E-state index contributed by atoms with van der Waals surface area (Å²) in [6, 6.07) is 9.65. The van der Waals surface area contributed by atoms with E-state index in [1.165, 1.54) is 12.8 Å². The van der Waals surface area contributed by atoms with Gasteiger partial charge in [0, 0.05) is 36.5 Å². The van der Waals surface area contributed by atoms with E-state index < -0.39 is 0 Å². The van der Waals surface area contributed by atoms with E-state index in [1.807, 2.05) is 70.2 Å². The van der Waals surface area contributed by atoms with E-state index in [4.69, 9.17) is 19.7 Å². The van der Waals surface area contributed by atoms with E-state index in [1.54, 1.807) is 0 Å². The lowest BCUT2D eigenvalue weighted by Gasteiger charge is -2.23. The van der Waals surface area contributed by atoms with Crippen molar-refractivity contribution in [2.75, 3.05) is 24.6 Å². The number of nitrogens with zero attached hydrogens (tertiary/aromatic N) is 4. The van der Waals surface area contributed by atoms with Crippen molar-refractivity contribution in [3.63, 3.8) is 0 Å². The van der Waals surface area contributed by atoms with Gasteiger partial charge in [0.2, 0.25) is 5.95 Å². The average Bonchev–Trinajstić information content (AvgIpc) is 2.86. The fourth-order valence-electron chi connectivity index (χ4n) is 3.90. The van der Waals surface area contributed by atoms with E-state index in [0.29, 0.717) is 23.4 Å². The first-order chi connectivity index (χ1) is 17.7. The lowest BCUT2D eigenvalue weighted by molar-refractivity contribution is -0.123. The number of anilines is 1. The second-order valence-electron chi connectivity index (χ2n) is 9.85. The molecule has 2 rings (SSSR count). The van der Waals surface area contributed by atoms with Crippen LogP contribution in [0.25, 0.3) is 11.3 Å². The van der Waals surface area contributed by atoms with Crippen LogP contribution in [0.1, 0.15) is 74.1 Å². The van der Waals surface area contributed by atoms with Gasteiger partial charge in [-0.2, -0.15) is 4.98 Å². The van der Waals surface area contributed by atoms with Crippen molar-refractivity contribution in [2.24, 2.45) is 10.9 Å². The van der Waals surface area contributed by atoms with E-state index >= 15 is 0 Å². The summed E-state index contributed by atoms with van der Waals surface area (Å²) in [6.45, 7) is 16.3. The Labute approximate surface area is 223 Å². The molecule has 0 aliphatic carbocycles. The van der Waals surface area contributed by atoms with Crippen LogP contribution in [0.3, 0.4) is 0 Å². The first-order valence-corrected chi connectivity index (χ1v) is 13.6. The standard InChI is InChI=1S/C30H45N5O2/c1-8-13-24(7)32-28-20-27(25-15-11-16-26(19-25)37-21-29(36)31-22(4)5)33-30(34-28)35(17-9-2)18-12-14-23(6)10-3/h8,11,13,15-16,19-20,22-23H,9-10,12,14,17-18,21H2,1-7H3,(H,31,36)/b13-8-,32-24?. The number of carbonyl (C=O) groups excluding carboxylic acids is 1. The van der Waals surface area contributed by atoms with Crippen molar-refractivity contribution in [1.82, 2.24) is 15.3 Å². The Balaban J connectivity index is 2.40. The number of carbonyl (C=O) groups is 1. The molecule has 0 saturated heterocycles. The van der Waals surface area contributed by atoms with Crippen LogP contribution in [0.5, 0.6) is 5.75 Å². The summed E-state index contributed by atoms with van der Waals surface area (Å²) >= 11 is 0. The number of ether oxygens (including phenoxy) is 1. The maximum absolute atomic E-state index is 12.0. The zero-order valence-corrected chi connectivity index (χ0v) is 23.8. The highest BCUT2D eigenvalue weighted by Gasteiger charge is 2.14. The zero-order valence-electron chi connectivity index (χ0n) is 23.8. The van der Waals surface area contributed by atoms with Crippen LogP contribution in [0.4, 0.5) is 11.8 Å². The molecule has 1 atom stereocenters. The lowest BCUT2D eigenvalue weighted by atomic mass is 10.0. The Morgan fingerprint density at radius 3 is 2.62 bits per heavy atom. The fraction of sp³-hybridized carbons (Fsp3) is 0.533. The van der Waals surface area contributed by atoms with Gasteiger partial charge in [0.15, 0.2) is 12.4 Å². The highest BCUT2D eigenvalue weighted by molar-refractivity contribution is 5.94. The zero-order chi connectivity index (χ0) is 27.2. The molecule has 202 valence electrons. The van der Waals surface area contributed by atoms with Crippen molar-refractivity contribution < 1.29 is 9.53 Å². The molecule has 1 N–H and O–H groups in total. The molecule has 7 nitrogen and oxygen atoms in total. The monoisotopic (exact) mass is 507 g/mol. The van der Waals surface area contributed by atoms with Crippen LogP contribution < -0.4 is 15.0 Å². The normalized spacial score (nSPS) is 12.7. The lowest BCUT2D eigenvalue weighted by Crippen LogP contribution is -2.34. The van der Waals surface area contributed by atoms with Crippen molar-refractivity contribution in [2.45, 2.75) is 80.2 Å². The Morgan fingerprint density at radius 2 is 1.95 bits per heavy atom. The predicted molar refractivity (Wildman–Crippen MR) is 155 cm³/mol. The third-order valence-electron chi connectivity index (χ3n) is 5.95. The number of nitrogens with one attached hydrogen (secondary N) is 1. The van der Waals surface area contributed by atoms with Crippen LogP contribution in [0.15, 0.2) is 47.5 Å². The molecule has 0 radical (unpaired) electrons. The minimum atomic E-state index is -0.145. The molecule has 1 amide bonds. The number of allylic oxidation sites excluding steroid dienone is 2. The van der Waals surface area contributed by atoms with Gasteiger partial charge in [-0.1, -0.05) is 45.4 Å². The molecule has 1 unspecified atom stereocenters. The molecule has 7 heteroatoms. The van der Waals surface area contributed by atoms with Gasteiger partial charge in [-0.15, -0.1) is 0 Å². The molecule has 1 aromatic heterocycles. The Kier molecular flexibility index (Phi) is 12.8. The van der Waals surface area contributed by atoms with Crippen LogP contribution in [-0.2, 0) is 4.79 Å². The highest BCUT2D eigenvalue weighted by atomic mass is 16.5. The van der Waals surface area contributed by atoms with E-state index in [0.717, 1.165) is 42.9 Å². The molecule has 1 heterocycles. The fourth-order valence-corrected chi connectivity index (χ4v) is 3.90. The average molecular weight is 508 g/mol. The number of benzene rings is 1. The molecule has 0 fully saturated rings. The molecular weight excluding hydrogens is 462 g/mol. The van der Waals surface area contributed by atoms with Crippen molar-refractivity contribution in [3.8, 4) is 17.0 Å². The van der Waals surface area contributed by atoms with Gasteiger partial charge in [0.05, 0.1) is 5.69 Å². The van der Waals surface area contributed by atoms with Crippen molar-refractivity contribution in [3.05, 3.63) is 42.5 Å². The van der Waals surface area contributed by atoms with Crippen LogP contribution in [0, 0.1) is 5.92 Å². The molecule has 0 saturated carbocycles. The molecule has 1 aromatic carbocycles. The third kappa shape index (κ3) is 10.7. The van der Waals surface area contributed by atoms with Gasteiger partial charge in [-0.25, -0.2) is 9.98 Å². The van der Waals surface area contributed by atoms with Gasteiger partial charge in [0.25, 0.3) is 5.91 Å². The topological polar surface area (TPSA) is 79.7 Å². The second-order valence-corrected chi connectivity index (χ2v) is 9.85. The van der Waals surface area contributed by atoms with Gasteiger partial charge in [-0.05, 0) is 71.1 Å². The van der Waals surface area contributed by atoms with Gasteiger partial charge in [0.1, 0.15) is 5.75 Å². The minimum absolute atomic E-state index is 0.0325. The van der Waals surface area contributed by atoms with Crippen molar-refractivity contribution in [1.29, 1.82) is 0 Å². The number of hydrogen-bond donors (Lipinski definition) is 1. The third-order valence-corrected chi connectivity index (χ3v) is 5.95. The quantitative estimate of drug-likeness (QED) is 0.269. The Morgan fingerprint density at radius 1 is 1.16 bits per heavy atom. The van der Waals surface area contributed by atoms with Crippen LogP contribution in [-0.4, -0.2) is 47.3 Å². The number of amides is 1. The molecule has 2 aromatic rings. The number of aliphatic imine (C=N–C) groups is 1. The summed E-state index contributed by atoms with van der Waals surface area (Å²) in [4.78, 5) is 28.8. The summed E-state index contributed by atoms with van der Waals surface area (Å²) in [6.07, 6.45) is 8.42. The smallest absolute Gasteiger partial charge is 0.258 e. The molecule has 0 aliphatic rings. The minimum Gasteiger partial charge on any atom is -0.484 e. The van der Waals surface area contributed by atoms with E-state index in [-0.39, 0.29) is 18.6 Å². The van der Waals surface area contributed by atoms with Crippen LogP contribution >= 0.6 is 0 Å². The Bertz CT molecular complexity index is 1050. The first-order valence-electron chi connectivity index (χ1n) is 13.6. The Hall–Kier alpha value is -3.22. The summed E-state index contributed by atoms with van der Waals surface area (Å²) in [5.74, 6) is 2.50. The molecule has 0 spiro atoms. The van der Waals surface area contributed by atoms with Gasteiger partial charge < -0.3 is 15.0 Å². The highest BCUT2D eigenvalue weighted by Crippen LogP contribution is 2.28. The van der Waals surface area contributed by atoms with Crippen molar-refractivity contribution >= 4 is 23.4 Å². The molecule has 0 aliphatic heterocycles. The van der Waals surface area contributed by atoms with E-state index in [2.05, 4.69) is 31.0 Å². The van der Waals surface area contributed by atoms with Gasteiger partial charge in [-0.3, -0.25) is 4.79 Å². The molecule has 0 bridgehead atoms. The van der Waals surface area contributed by atoms with Gasteiger partial charge >= 0.3 is 0 Å². The van der Waals surface area contributed by atoms with Crippen LogP contribution in [0.2, 0.25) is 0 Å². The number of rotatable bonds is 15. The number of aromatic nitrogens is 2. The summed E-state index contributed by atoms with van der Waals surface area (Å²) in [7, 11) is 0.